The molecule has 2 aromatic heterocycles. The molecule has 0 atom stereocenters. The smallest absolute Gasteiger partial charge is 0.319 e. The van der Waals surface area contributed by atoms with Crippen molar-refractivity contribution >= 4 is 47.7 Å². The quantitative estimate of drug-likeness (QED) is 0.0654. The molecule has 0 radical (unpaired) electrons. The molecule has 0 bridgehead atoms. The molecule has 6 N–H and O–H groups in total. The fourth-order valence-corrected chi connectivity index (χ4v) is 6.80. The summed E-state index contributed by atoms with van der Waals surface area (Å²) in [5, 5.41) is 18.7. The molecule has 4 amide bonds. The van der Waals surface area contributed by atoms with Crippen LogP contribution in [0.5, 0.6) is 0 Å². The summed E-state index contributed by atoms with van der Waals surface area (Å²) in [5.41, 5.74) is 8.74. The van der Waals surface area contributed by atoms with Crippen LogP contribution >= 0.6 is 12.6 Å². The molecule has 49 heavy (non-hydrogen) atoms. The standard InChI is InChI=1S/C38H46N8O2S/c1-24(2)34-32(10-3-11-33(34)46-38(48)41-19-6-9-28-14-12-25-7-4-17-39-35(25)43-28)27-21-30(23-31(49)22-27)45-37(47)42-20-16-29-15-13-26-8-5-18-40-36(26)44-29/h3,10-15,21-24,49H,4-9,16-20H2,1-2H3,(H,39,43)(H,40,44)(H2,41,46,48)(H2,42,45,47). The highest BCUT2D eigenvalue weighted by Gasteiger charge is 2.17. The van der Waals surface area contributed by atoms with Gasteiger partial charge in [-0.05, 0) is 109 Å². The van der Waals surface area contributed by atoms with Gasteiger partial charge in [0, 0.05) is 60.3 Å². The molecule has 256 valence electrons. The average Bonchev–Trinajstić information content (AvgIpc) is 3.09. The zero-order valence-electron chi connectivity index (χ0n) is 28.3. The number of amides is 4. The Morgan fingerprint density at radius 3 is 2.14 bits per heavy atom. The van der Waals surface area contributed by atoms with E-state index in [1.165, 1.54) is 11.1 Å². The number of hydrogen-bond acceptors (Lipinski definition) is 7. The second-order valence-electron chi connectivity index (χ2n) is 13.0. The highest BCUT2D eigenvalue weighted by atomic mass is 32.1. The van der Waals surface area contributed by atoms with Crippen LogP contribution in [0.4, 0.5) is 32.6 Å². The van der Waals surface area contributed by atoms with E-state index in [2.05, 4.69) is 76.6 Å². The van der Waals surface area contributed by atoms with E-state index in [4.69, 9.17) is 9.97 Å². The van der Waals surface area contributed by atoms with Crippen LogP contribution in [-0.4, -0.2) is 48.2 Å². The lowest BCUT2D eigenvalue weighted by Crippen LogP contribution is -2.30. The lowest BCUT2D eigenvalue weighted by Gasteiger charge is -2.20. The third-order valence-electron chi connectivity index (χ3n) is 8.88. The van der Waals surface area contributed by atoms with Crippen LogP contribution in [0.25, 0.3) is 11.1 Å². The van der Waals surface area contributed by atoms with Gasteiger partial charge in [-0.3, -0.25) is 0 Å². The molecule has 0 spiro atoms. The van der Waals surface area contributed by atoms with E-state index in [0.717, 1.165) is 97.0 Å². The van der Waals surface area contributed by atoms with Crippen molar-refractivity contribution in [3.05, 3.63) is 88.7 Å². The topological polar surface area (TPSA) is 132 Å². The number of urea groups is 2. The zero-order valence-corrected chi connectivity index (χ0v) is 29.2. The van der Waals surface area contributed by atoms with E-state index in [1.54, 1.807) is 0 Å². The maximum absolute atomic E-state index is 13.0. The fourth-order valence-electron chi connectivity index (χ4n) is 6.52. The lowest BCUT2D eigenvalue weighted by atomic mass is 9.90. The normalized spacial score (nSPS) is 13.4. The number of aromatic nitrogens is 2. The number of nitrogens with one attached hydrogen (secondary N) is 6. The highest BCUT2D eigenvalue weighted by molar-refractivity contribution is 7.80. The van der Waals surface area contributed by atoms with Crippen LogP contribution in [0.1, 0.15) is 67.1 Å². The number of carbonyl (C=O) groups is 2. The molecule has 6 rings (SSSR count). The Morgan fingerprint density at radius 1 is 0.796 bits per heavy atom. The van der Waals surface area contributed by atoms with Crippen LogP contribution < -0.4 is 31.9 Å². The zero-order chi connectivity index (χ0) is 34.2. The molecule has 11 heteroatoms. The first kappa shape index (κ1) is 34.1. The van der Waals surface area contributed by atoms with Crippen molar-refractivity contribution in [2.24, 2.45) is 0 Å². The molecule has 2 aromatic carbocycles. The second kappa shape index (κ2) is 16.1. The minimum atomic E-state index is -0.295. The molecule has 2 aliphatic rings. The molecule has 0 unspecified atom stereocenters. The number of aryl methyl sites for hydroxylation is 3. The van der Waals surface area contributed by atoms with Crippen LogP contribution in [0.15, 0.2) is 65.6 Å². The maximum atomic E-state index is 13.0. The average molecular weight is 679 g/mol. The Kier molecular flexibility index (Phi) is 11.2. The molecule has 4 heterocycles. The van der Waals surface area contributed by atoms with E-state index in [-0.39, 0.29) is 18.0 Å². The summed E-state index contributed by atoms with van der Waals surface area (Å²) in [7, 11) is 0. The lowest BCUT2D eigenvalue weighted by molar-refractivity contribution is 0.251. The monoisotopic (exact) mass is 678 g/mol. The summed E-state index contributed by atoms with van der Waals surface area (Å²) < 4.78 is 0. The SMILES string of the molecule is CC(C)c1c(NC(=O)NCCCc2ccc3c(n2)NCCC3)cccc1-c1cc(S)cc(NC(=O)NCCc2ccc3c(n2)NCCC3)c1. The van der Waals surface area contributed by atoms with Crippen molar-refractivity contribution in [3.63, 3.8) is 0 Å². The number of carbonyl (C=O) groups excluding carboxylic acids is 2. The van der Waals surface area contributed by atoms with E-state index in [0.29, 0.717) is 30.1 Å². The van der Waals surface area contributed by atoms with Crippen molar-refractivity contribution in [2.75, 3.05) is 47.4 Å². The molecule has 4 aromatic rings. The Morgan fingerprint density at radius 2 is 1.45 bits per heavy atom. The largest absolute Gasteiger partial charge is 0.370 e. The molecule has 0 saturated heterocycles. The maximum Gasteiger partial charge on any atom is 0.319 e. The Balaban J connectivity index is 1.04. The molecular formula is C38H46N8O2S. The summed E-state index contributed by atoms with van der Waals surface area (Å²) in [6, 6.07) is 19.5. The number of fused-ring (bicyclic) bond motifs is 2. The van der Waals surface area contributed by atoms with Crippen molar-refractivity contribution in [1.82, 2.24) is 20.6 Å². The van der Waals surface area contributed by atoms with Gasteiger partial charge in [0.2, 0.25) is 0 Å². The highest BCUT2D eigenvalue weighted by Crippen LogP contribution is 2.37. The molecular weight excluding hydrogens is 633 g/mol. The predicted molar refractivity (Wildman–Crippen MR) is 201 cm³/mol. The van der Waals surface area contributed by atoms with Gasteiger partial charge in [-0.2, -0.15) is 0 Å². The van der Waals surface area contributed by atoms with Gasteiger partial charge in [0.05, 0.1) is 0 Å². The van der Waals surface area contributed by atoms with Gasteiger partial charge in [-0.15, -0.1) is 12.6 Å². The number of pyridine rings is 2. The van der Waals surface area contributed by atoms with Gasteiger partial charge >= 0.3 is 12.1 Å². The van der Waals surface area contributed by atoms with E-state index >= 15 is 0 Å². The summed E-state index contributed by atoms with van der Waals surface area (Å²) in [6.45, 7) is 7.11. The van der Waals surface area contributed by atoms with Gasteiger partial charge < -0.3 is 31.9 Å². The first-order valence-corrected chi connectivity index (χ1v) is 17.8. The number of rotatable bonds is 11. The molecule has 0 saturated carbocycles. The molecule has 10 nitrogen and oxygen atoms in total. The number of nitrogens with zero attached hydrogens (tertiary/aromatic N) is 2. The molecule has 2 aliphatic heterocycles. The Hall–Kier alpha value is -4.77. The van der Waals surface area contributed by atoms with Gasteiger partial charge in [-0.25, -0.2) is 19.6 Å². The van der Waals surface area contributed by atoms with Crippen LogP contribution in [0.2, 0.25) is 0 Å². The third-order valence-corrected chi connectivity index (χ3v) is 9.14. The predicted octanol–water partition coefficient (Wildman–Crippen LogP) is 7.39. The van der Waals surface area contributed by atoms with Crippen LogP contribution in [0, 0.1) is 0 Å². The van der Waals surface area contributed by atoms with Crippen molar-refractivity contribution in [1.29, 1.82) is 0 Å². The first-order valence-electron chi connectivity index (χ1n) is 17.3. The van der Waals surface area contributed by atoms with Crippen molar-refractivity contribution in [2.45, 2.75) is 69.6 Å². The van der Waals surface area contributed by atoms with Crippen molar-refractivity contribution < 1.29 is 9.59 Å². The summed E-state index contributed by atoms with van der Waals surface area (Å²) in [4.78, 5) is 36.0. The first-order chi connectivity index (χ1) is 23.8. The van der Waals surface area contributed by atoms with Crippen molar-refractivity contribution in [3.8, 4) is 11.1 Å². The number of anilines is 4. The van der Waals surface area contributed by atoms with Gasteiger partial charge in [0.1, 0.15) is 11.6 Å². The van der Waals surface area contributed by atoms with Gasteiger partial charge in [-0.1, -0.05) is 38.1 Å². The van der Waals surface area contributed by atoms with E-state index in [1.807, 2.05) is 42.5 Å². The van der Waals surface area contributed by atoms with Crippen LogP contribution in [-0.2, 0) is 25.7 Å². The fraction of sp³-hybridized carbons (Fsp3) is 0.368. The second-order valence-corrected chi connectivity index (χ2v) is 13.5. The number of hydrogen-bond donors (Lipinski definition) is 7. The Labute approximate surface area is 294 Å². The van der Waals surface area contributed by atoms with Gasteiger partial charge in [0.25, 0.3) is 0 Å². The minimum absolute atomic E-state index is 0.117. The van der Waals surface area contributed by atoms with E-state index in [9.17, 15) is 9.59 Å². The molecule has 0 aliphatic carbocycles. The number of benzene rings is 2. The number of thiol groups is 1. The minimum Gasteiger partial charge on any atom is -0.370 e. The summed E-state index contributed by atoms with van der Waals surface area (Å²) in [6.07, 6.45) is 6.59. The summed E-state index contributed by atoms with van der Waals surface area (Å²) >= 11 is 4.65. The molecule has 0 fully saturated rings. The Bertz CT molecular complexity index is 1810. The third kappa shape index (κ3) is 9.03. The van der Waals surface area contributed by atoms with E-state index < -0.39 is 0 Å². The summed E-state index contributed by atoms with van der Waals surface area (Å²) in [5.74, 6) is 2.07. The van der Waals surface area contributed by atoms with Crippen LogP contribution in [0.3, 0.4) is 0 Å². The van der Waals surface area contributed by atoms with Gasteiger partial charge in [0.15, 0.2) is 0 Å².